The average Bonchev–Trinajstić information content (AvgIpc) is 2.42. The van der Waals surface area contributed by atoms with E-state index in [2.05, 4.69) is 6.92 Å². The number of aliphatic hydroxyl groups excluding tert-OH is 1. The standard InChI is InChI=1S/C16H16F2O/c1-2-4-11-5-3-6-12(9-11)16(19)13-7-8-14(17)15(18)10-13/h3,5-10,16,19H,2,4H2,1H3. The molecule has 1 unspecified atom stereocenters. The maximum absolute atomic E-state index is 13.2. The molecule has 0 aliphatic heterocycles. The maximum Gasteiger partial charge on any atom is 0.159 e. The molecule has 0 amide bonds. The summed E-state index contributed by atoms with van der Waals surface area (Å²) in [5.41, 5.74) is 2.17. The van der Waals surface area contributed by atoms with Gasteiger partial charge in [0.05, 0.1) is 0 Å². The van der Waals surface area contributed by atoms with Gasteiger partial charge in [-0.1, -0.05) is 43.7 Å². The first-order chi connectivity index (χ1) is 9.11. The molecule has 0 aliphatic carbocycles. The summed E-state index contributed by atoms with van der Waals surface area (Å²) in [7, 11) is 0. The molecule has 19 heavy (non-hydrogen) atoms. The van der Waals surface area contributed by atoms with Crippen molar-refractivity contribution in [3.8, 4) is 0 Å². The molecule has 0 radical (unpaired) electrons. The van der Waals surface area contributed by atoms with E-state index in [-0.39, 0.29) is 0 Å². The lowest BCUT2D eigenvalue weighted by Crippen LogP contribution is -2.01. The summed E-state index contributed by atoms with van der Waals surface area (Å²) >= 11 is 0. The Balaban J connectivity index is 2.29. The summed E-state index contributed by atoms with van der Waals surface area (Å²) in [5, 5.41) is 10.2. The third-order valence-electron chi connectivity index (χ3n) is 3.06. The molecule has 2 aromatic carbocycles. The lowest BCUT2D eigenvalue weighted by atomic mass is 9.98. The Kier molecular flexibility index (Phi) is 4.27. The Morgan fingerprint density at radius 3 is 2.42 bits per heavy atom. The van der Waals surface area contributed by atoms with Gasteiger partial charge in [0, 0.05) is 0 Å². The van der Waals surface area contributed by atoms with Gasteiger partial charge in [-0.3, -0.25) is 0 Å². The zero-order valence-electron chi connectivity index (χ0n) is 10.7. The van der Waals surface area contributed by atoms with Gasteiger partial charge in [-0.25, -0.2) is 8.78 Å². The molecule has 1 atom stereocenters. The minimum absolute atomic E-state index is 0.354. The number of rotatable bonds is 4. The summed E-state index contributed by atoms with van der Waals surface area (Å²) in [5.74, 6) is -1.85. The molecule has 3 heteroatoms. The molecule has 0 aliphatic rings. The van der Waals surface area contributed by atoms with Crippen LogP contribution in [0.3, 0.4) is 0 Å². The van der Waals surface area contributed by atoms with Gasteiger partial charge in [0.25, 0.3) is 0 Å². The van der Waals surface area contributed by atoms with Gasteiger partial charge in [0.15, 0.2) is 11.6 Å². The van der Waals surface area contributed by atoms with Crippen LogP contribution in [0, 0.1) is 11.6 Å². The molecule has 2 aromatic rings. The van der Waals surface area contributed by atoms with E-state index in [0.717, 1.165) is 30.5 Å². The Morgan fingerprint density at radius 1 is 1.00 bits per heavy atom. The highest BCUT2D eigenvalue weighted by Crippen LogP contribution is 2.24. The maximum atomic E-state index is 13.2. The van der Waals surface area contributed by atoms with Crippen LogP contribution in [0.4, 0.5) is 8.78 Å². The van der Waals surface area contributed by atoms with E-state index < -0.39 is 17.7 Å². The van der Waals surface area contributed by atoms with E-state index >= 15 is 0 Å². The van der Waals surface area contributed by atoms with Crippen LogP contribution in [-0.2, 0) is 6.42 Å². The molecule has 0 fully saturated rings. The van der Waals surface area contributed by atoms with Gasteiger partial charge in [-0.2, -0.15) is 0 Å². The predicted molar refractivity (Wildman–Crippen MR) is 70.9 cm³/mol. The molecule has 2 rings (SSSR count). The van der Waals surface area contributed by atoms with Crippen molar-refractivity contribution in [2.24, 2.45) is 0 Å². The zero-order valence-corrected chi connectivity index (χ0v) is 10.7. The quantitative estimate of drug-likeness (QED) is 0.883. The van der Waals surface area contributed by atoms with Crippen molar-refractivity contribution in [2.75, 3.05) is 0 Å². The number of halogens is 2. The minimum atomic E-state index is -0.943. The number of benzene rings is 2. The molecule has 1 N–H and O–H groups in total. The van der Waals surface area contributed by atoms with E-state index in [1.807, 2.05) is 18.2 Å². The molecular formula is C16H16F2O. The zero-order chi connectivity index (χ0) is 13.8. The van der Waals surface area contributed by atoms with Gasteiger partial charge in [0.1, 0.15) is 6.10 Å². The van der Waals surface area contributed by atoms with E-state index in [1.165, 1.54) is 6.07 Å². The van der Waals surface area contributed by atoms with Crippen LogP contribution in [0.15, 0.2) is 42.5 Å². The normalized spacial score (nSPS) is 12.4. The van der Waals surface area contributed by atoms with Crippen LogP contribution >= 0.6 is 0 Å². The van der Waals surface area contributed by atoms with Crippen molar-refractivity contribution in [1.82, 2.24) is 0 Å². The van der Waals surface area contributed by atoms with Crippen molar-refractivity contribution in [1.29, 1.82) is 0 Å². The Labute approximate surface area is 111 Å². The first kappa shape index (κ1) is 13.7. The Hall–Kier alpha value is -1.74. The summed E-state index contributed by atoms with van der Waals surface area (Å²) in [6.07, 6.45) is 1.01. The van der Waals surface area contributed by atoms with Crippen molar-refractivity contribution in [2.45, 2.75) is 25.9 Å². The van der Waals surface area contributed by atoms with Crippen LogP contribution in [0.2, 0.25) is 0 Å². The molecule has 0 saturated heterocycles. The second kappa shape index (κ2) is 5.93. The highest BCUT2D eigenvalue weighted by atomic mass is 19.2. The van der Waals surface area contributed by atoms with E-state index in [0.29, 0.717) is 11.1 Å². The summed E-state index contributed by atoms with van der Waals surface area (Å²) in [6.45, 7) is 2.08. The minimum Gasteiger partial charge on any atom is -0.384 e. The van der Waals surface area contributed by atoms with Crippen LogP contribution in [0.1, 0.15) is 36.1 Å². The van der Waals surface area contributed by atoms with Crippen LogP contribution in [-0.4, -0.2) is 5.11 Å². The van der Waals surface area contributed by atoms with E-state index in [4.69, 9.17) is 0 Å². The van der Waals surface area contributed by atoms with E-state index in [9.17, 15) is 13.9 Å². The summed E-state index contributed by atoms with van der Waals surface area (Å²) in [4.78, 5) is 0. The van der Waals surface area contributed by atoms with Gasteiger partial charge in [-0.05, 0) is 35.2 Å². The molecule has 0 saturated carbocycles. The first-order valence-corrected chi connectivity index (χ1v) is 6.33. The highest BCUT2D eigenvalue weighted by molar-refractivity contribution is 5.33. The second-order valence-corrected chi connectivity index (χ2v) is 4.57. The molecule has 0 aromatic heterocycles. The lowest BCUT2D eigenvalue weighted by molar-refractivity contribution is 0.219. The first-order valence-electron chi connectivity index (χ1n) is 6.33. The number of aliphatic hydroxyl groups is 1. The average molecular weight is 262 g/mol. The molecule has 0 spiro atoms. The lowest BCUT2D eigenvalue weighted by Gasteiger charge is -2.13. The third-order valence-corrected chi connectivity index (χ3v) is 3.06. The van der Waals surface area contributed by atoms with Gasteiger partial charge >= 0.3 is 0 Å². The van der Waals surface area contributed by atoms with Crippen molar-refractivity contribution in [3.05, 3.63) is 70.8 Å². The van der Waals surface area contributed by atoms with Crippen molar-refractivity contribution >= 4 is 0 Å². The summed E-state index contributed by atoms with van der Waals surface area (Å²) < 4.78 is 26.0. The molecule has 100 valence electrons. The Bertz CT molecular complexity index is 566. The topological polar surface area (TPSA) is 20.2 Å². The van der Waals surface area contributed by atoms with Crippen LogP contribution < -0.4 is 0 Å². The second-order valence-electron chi connectivity index (χ2n) is 4.57. The van der Waals surface area contributed by atoms with Gasteiger partial charge < -0.3 is 5.11 Å². The number of hydrogen-bond acceptors (Lipinski definition) is 1. The molecule has 0 heterocycles. The number of aryl methyl sites for hydroxylation is 1. The van der Waals surface area contributed by atoms with E-state index in [1.54, 1.807) is 6.07 Å². The van der Waals surface area contributed by atoms with Crippen LogP contribution in [0.5, 0.6) is 0 Å². The molecule has 0 bridgehead atoms. The highest BCUT2D eigenvalue weighted by Gasteiger charge is 2.13. The molecule has 1 nitrogen and oxygen atoms in total. The fourth-order valence-corrected chi connectivity index (χ4v) is 2.08. The SMILES string of the molecule is CCCc1cccc(C(O)c2ccc(F)c(F)c2)c1. The van der Waals surface area contributed by atoms with Crippen LogP contribution in [0.25, 0.3) is 0 Å². The largest absolute Gasteiger partial charge is 0.384 e. The van der Waals surface area contributed by atoms with Gasteiger partial charge in [-0.15, -0.1) is 0 Å². The fourth-order valence-electron chi connectivity index (χ4n) is 2.08. The smallest absolute Gasteiger partial charge is 0.159 e. The predicted octanol–water partition coefficient (Wildman–Crippen LogP) is 4.00. The van der Waals surface area contributed by atoms with Crippen molar-refractivity contribution < 1.29 is 13.9 Å². The summed E-state index contributed by atoms with van der Waals surface area (Å²) in [6, 6.07) is 11.0. The monoisotopic (exact) mass is 262 g/mol. The molecular weight excluding hydrogens is 246 g/mol. The fraction of sp³-hybridized carbons (Fsp3) is 0.250. The van der Waals surface area contributed by atoms with Crippen molar-refractivity contribution in [3.63, 3.8) is 0 Å². The third kappa shape index (κ3) is 3.18. The van der Waals surface area contributed by atoms with Gasteiger partial charge in [0.2, 0.25) is 0 Å². The Morgan fingerprint density at radius 2 is 1.74 bits per heavy atom. The number of hydrogen-bond donors (Lipinski definition) is 1.